The van der Waals surface area contributed by atoms with Crippen molar-refractivity contribution in [2.45, 2.75) is 34.2 Å². The first kappa shape index (κ1) is 20.6. The van der Waals surface area contributed by atoms with Gasteiger partial charge >= 0.3 is 5.97 Å². The molecule has 0 bridgehead atoms. The van der Waals surface area contributed by atoms with Crippen LogP contribution < -0.4 is 5.32 Å². The van der Waals surface area contributed by atoms with Gasteiger partial charge in [0, 0.05) is 30.8 Å². The molecule has 0 amide bonds. The minimum Gasteiger partial charge on any atom is -0.462 e. The van der Waals surface area contributed by atoms with Gasteiger partial charge in [-0.2, -0.15) is 0 Å². The molecule has 0 aliphatic carbocycles. The minimum atomic E-state index is -0.548. The summed E-state index contributed by atoms with van der Waals surface area (Å²) < 4.78 is 4.95. The van der Waals surface area contributed by atoms with E-state index in [1.165, 1.54) is 6.20 Å². The zero-order valence-electron chi connectivity index (χ0n) is 14.9. The van der Waals surface area contributed by atoms with Crippen LogP contribution in [0.15, 0.2) is 30.7 Å². The van der Waals surface area contributed by atoms with E-state index in [-0.39, 0.29) is 22.9 Å². The van der Waals surface area contributed by atoms with Crippen molar-refractivity contribution in [2.24, 2.45) is 0 Å². The third-order valence-corrected chi connectivity index (χ3v) is 3.49. The molecule has 0 spiro atoms. The Morgan fingerprint density at radius 1 is 1.32 bits per heavy atom. The Morgan fingerprint density at radius 2 is 1.96 bits per heavy atom. The molecule has 6 nitrogen and oxygen atoms in total. The molecule has 2 N–H and O–H groups in total. The van der Waals surface area contributed by atoms with Gasteiger partial charge in [-0.05, 0) is 31.5 Å². The molecule has 0 radical (unpaired) electrons. The van der Waals surface area contributed by atoms with E-state index in [0.717, 1.165) is 5.56 Å². The lowest BCUT2D eigenvalue weighted by molar-refractivity contribution is 0.0526. The molecule has 134 valence electrons. The van der Waals surface area contributed by atoms with Crippen molar-refractivity contribution in [3.05, 3.63) is 52.4 Å². The molecule has 0 aromatic carbocycles. The van der Waals surface area contributed by atoms with Gasteiger partial charge < -0.3 is 15.5 Å². The molecule has 2 aromatic heterocycles. The number of carbonyl (C=O) groups excluding carboxylic acids is 1. The summed E-state index contributed by atoms with van der Waals surface area (Å²) in [6.07, 6.45) is 4.76. The number of hydrogen-bond acceptors (Lipinski definition) is 6. The van der Waals surface area contributed by atoms with Crippen molar-refractivity contribution in [1.29, 1.82) is 5.41 Å². The molecule has 0 saturated carbocycles. The van der Waals surface area contributed by atoms with Crippen molar-refractivity contribution in [2.75, 3.05) is 11.9 Å². The number of anilines is 1. The van der Waals surface area contributed by atoms with Crippen LogP contribution in [0.4, 0.5) is 5.82 Å². The summed E-state index contributed by atoms with van der Waals surface area (Å²) in [5.74, 6) is -0.0967. The maximum Gasteiger partial charge on any atom is 0.341 e. The predicted octanol–water partition coefficient (Wildman–Crippen LogP) is 4.33. The fourth-order valence-corrected chi connectivity index (χ4v) is 2.36. The summed E-state index contributed by atoms with van der Waals surface area (Å²) in [6, 6.07) is 3.75. The monoisotopic (exact) mass is 362 g/mol. The van der Waals surface area contributed by atoms with Gasteiger partial charge in [0.1, 0.15) is 5.82 Å². The Kier molecular flexibility index (Phi) is 8.56. The third kappa shape index (κ3) is 5.53. The van der Waals surface area contributed by atoms with E-state index in [0.29, 0.717) is 17.9 Å². The first-order chi connectivity index (χ1) is 12.0. The van der Waals surface area contributed by atoms with Gasteiger partial charge in [-0.25, -0.2) is 9.78 Å². The molecule has 0 aliphatic rings. The number of nitrogens with one attached hydrogen (secondary N) is 2. The van der Waals surface area contributed by atoms with Gasteiger partial charge in [-0.15, -0.1) is 0 Å². The number of aromatic nitrogens is 2. The van der Waals surface area contributed by atoms with E-state index in [9.17, 15) is 4.79 Å². The summed E-state index contributed by atoms with van der Waals surface area (Å²) in [4.78, 5) is 20.1. The highest BCUT2D eigenvalue weighted by Gasteiger charge is 2.20. The van der Waals surface area contributed by atoms with E-state index in [1.54, 1.807) is 26.2 Å². The van der Waals surface area contributed by atoms with Crippen LogP contribution in [0.2, 0.25) is 5.02 Å². The fraction of sp³-hybridized carbons (Fsp3) is 0.333. The molecule has 0 unspecified atom stereocenters. The zero-order valence-corrected chi connectivity index (χ0v) is 15.6. The fourth-order valence-electron chi connectivity index (χ4n) is 2.00. The molecule has 2 heterocycles. The summed E-state index contributed by atoms with van der Waals surface area (Å²) in [7, 11) is 0. The van der Waals surface area contributed by atoms with Gasteiger partial charge in [0.2, 0.25) is 0 Å². The summed E-state index contributed by atoms with van der Waals surface area (Å²) in [5.41, 5.74) is 1.78. The highest BCUT2D eigenvalue weighted by Crippen LogP contribution is 2.27. The summed E-state index contributed by atoms with van der Waals surface area (Å²) in [5, 5.41) is 11.2. The van der Waals surface area contributed by atoms with Crippen molar-refractivity contribution < 1.29 is 9.53 Å². The maximum atomic E-state index is 11.9. The topological polar surface area (TPSA) is 88.0 Å². The molecule has 0 atom stereocenters. The molecule has 7 heteroatoms. The Balaban J connectivity index is 0.00000151. The molecule has 0 fully saturated rings. The number of ether oxygens (including phenoxy) is 1. The molecule has 0 saturated heterocycles. The molecule has 2 rings (SSSR count). The van der Waals surface area contributed by atoms with E-state index in [1.807, 2.05) is 26.0 Å². The van der Waals surface area contributed by atoms with Crippen LogP contribution >= 0.6 is 11.6 Å². The molecule has 2 aromatic rings. The van der Waals surface area contributed by atoms with E-state index in [4.69, 9.17) is 21.7 Å². The van der Waals surface area contributed by atoms with Gasteiger partial charge in [0.15, 0.2) is 0 Å². The van der Waals surface area contributed by atoms with Crippen LogP contribution in [0.3, 0.4) is 0 Å². The third-order valence-electron chi connectivity index (χ3n) is 3.10. The van der Waals surface area contributed by atoms with Gasteiger partial charge in [-0.3, -0.25) is 4.98 Å². The van der Waals surface area contributed by atoms with Gasteiger partial charge in [0.25, 0.3) is 0 Å². The average molecular weight is 363 g/mol. The van der Waals surface area contributed by atoms with E-state index in [2.05, 4.69) is 15.3 Å². The second-order valence-electron chi connectivity index (χ2n) is 4.76. The highest BCUT2D eigenvalue weighted by molar-refractivity contribution is 6.37. The SMILES string of the molecule is CC.CCOC(=O)c1cnc(NCc2ccncc2)c(C(C)=N)c1Cl. The number of rotatable bonds is 6. The van der Waals surface area contributed by atoms with Crippen LogP contribution in [-0.2, 0) is 11.3 Å². The van der Waals surface area contributed by atoms with Gasteiger partial charge in [0.05, 0.1) is 22.8 Å². The standard InChI is InChI=1S/C16H17ClN4O2.C2H6/c1-3-23-16(22)12-9-21-15(13(10(2)18)14(12)17)20-8-11-4-6-19-7-5-11;1-2/h4-7,9,18H,3,8H2,1-2H3,(H,20,21);1-2H3. The molecule has 0 aliphatic heterocycles. The van der Waals surface area contributed by atoms with Crippen molar-refractivity contribution >= 4 is 29.1 Å². The smallest absolute Gasteiger partial charge is 0.341 e. The molecule has 25 heavy (non-hydrogen) atoms. The zero-order chi connectivity index (χ0) is 18.8. The molecular formula is C18H23ClN4O2. The first-order valence-corrected chi connectivity index (χ1v) is 8.46. The molecular weight excluding hydrogens is 340 g/mol. The Labute approximate surface area is 153 Å². The van der Waals surface area contributed by atoms with Gasteiger partial charge in [-0.1, -0.05) is 25.4 Å². The maximum absolute atomic E-state index is 11.9. The van der Waals surface area contributed by atoms with Crippen LogP contribution in [0.5, 0.6) is 0 Å². The number of esters is 1. The first-order valence-electron chi connectivity index (χ1n) is 8.08. The Bertz CT molecular complexity index is 721. The van der Waals surface area contributed by atoms with E-state index < -0.39 is 5.97 Å². The number of hydrogen-bond donors (Lipinski definition) is 2. The number of carbonyl (C=O) groups is 1. The lowest BCUT2D eigenvalue weighted by Crippen LogP contribution is -2.13. The lowest BCUT2D eigenvalue weighted by atomic mass is 10.1. The van der Waals surface area contributed by atoms with Crippen LogP contribution in [0.1, 0.15) is 49.2 Å². The average Bonchev–Trinajstić information content (AvgIpc) is 2.62. The summed E-state index contributed by atoms with van der Waals surface area (Å²) >= 11 is 6.29. The van der Waals surface area contributed by atoms with Crippen LogP contribution in [0, 0.1) is 5.41 Å². The van der Waals surface area contributed by atoms with Crippen molar-refractivity contribution in [3.63, 3.8) is 0 Å². The number of nitrogens with zero attached hydrogens (tertiary/aromatic N) is 2. The number of halogens is 1. The second-order valence-corrected chi connectivity index (χ2v) is 5.14. The van der Waals surface area contributed by atoms with Crippen molar-refractivity contribution in [3.8, 4) is 0 Å². The number of pyridine rings is 2. The summed E-state index contributed by atoms with van der Waals surface area (Å²) in [6.45, 7) is 8.06. The quantitative estimate of drug-likeness (QED) is 0.589. The van der Waals surface area contributed by atoms with Crippen LogP contribution in [-0.4, -0.2) is 28.3 Å². The Morgan fingerprint density at radius 3 is 2.52 bits per heavy atom. The largest absolute Gasteiger partial charge is 0.462 e. The lowest BCUT2D eigenvalue weighted by Gasteiger charge is -2.14. The Hall–Kier alpha value is -2.47. The second kappa shape index (κ2) is 10.4. The predicted molar refractivity (Wildman–Crippen MR) is 101 cm³/mol. The van der Waals surface area contributed by atoms with E-state index >= 15 is 0 Å². The van der Waals surface area contributed by atoms with Crippen molar-refractivity contribution in [1.82, 2.24) is 9.97 Å². The normalized spacial score (nSPS) is 9.64. The minimum absolute atomic E-state index is 0.157. The highest BCUT2D eigenvalue weighted by atomic mass is 35.5. The van der Waals surface area contributed by atoms with Crippen LogP contribution in [0.25, 0.3) is 0 Å².